The molecule has 4 aromatic rings. The molecule has 2 aromatic carbocycles. The summed E-state index contributed by atoms with van der Waals surface area (Å²) in [5.41, 5.74) is 3.78. The zero-order valence-corrected chi connectivity index (χ0v) is 16.0. The molecule has 6 heteroatoms. The molecule has 0 atom stereocenters. The maximum Gasteiger partial charge on any atom is 0.268 e. The van der Waals surface area contributed by atoms with Crippen LogP contribution in [0.15, 0.2) is 60.0 Å². The number of nitrogens with zero attached hydrogens (tertiary/aromatic N) is 1. The lowest BCUT2D eigenvalue weighted by atomic mass is 10.1. The highest BCUT2D eigenvalue weighted by atomic mass is 32.1. The second-order valence-electron chi connectivity index (χ2n) is 6.69. The van der Waals surface area contributed by atoms with Crippen LogP contribution in [0, 0.1) is 18.6 Å². The average Bonchev–Trinajstić information content (AvgIpc) is 3.24. The van der Waals surface area contributed by atoms with Crippen molar-refractivity contribution in [2.45, 2.75) is 20.0 Å². The van der Waals surface area contributed by atoms with Crippen molar-refractivity contribution in [2.75, 3.05) is 0 Å². The van der Waals surface area contributed by atoms with Crippen molar-refractivity contribution in [2.24, 2.45) is 0 Å². The Balaban J connectivity index is 1.62. The Morgan fingerprint density at radius 3 is 2.75 bits per heavy atom. The molecule has 0 saturated carbocycles. The van der Waals surface area contributed by atoms with Gasteiger partial charge in [0.1, 0.15) is 17.3 Å². The van der Waals surface area contributed by atoms with Crippen molar-refractivity contribution < 1.29 is 13.6 Å². The molecular weight excluding hydrogens is 378 g/mol. The number of aromatic nitrogens is 1. The Bertz CT molecular complexity index is 1160. The van der Waals surface area contributed by atoms with E-state index in [1.54, 1.807) is 4.57 Å². The minimum Gasteiger partial charge on any atom is -0.347 e. The Labute approximate surface area is 165 Å². The first-order chi connectivity index (χ1) is 13.5. The molecule has 2 heterocycles. The molecule has 3 nitrogen and oxygen atoms in total. The standard InChI is InChI=1S/C22H18F2N2OS/c1-14-3-2-4-15(9-14)12-25-22(27)20-11-21-19(7-8-28-21)26(20)13-16-5-6-17(23)10-18(16)24/h2-11H,12-13H2,1H3,(H,25,27). The van der Waals surface area contributed by atoms with E-state index in [2.05, 4.69) is 5.32 Å². The highest BCUT2D eigenvalue weighted by Gasteiger charge is 2.18. The number of aryl methyl sites for hydroxylation is 1. The Morgan fingerprint density at radius 2 is 1.96 bits per heavy atom. The summed E-state index contributed by atoms with van der Waals surface area (Å²) in [5, 5.41) is 4.86. The van der Waals surface area contributed by atoms with E-state index in [1.807, 2.05) is 48.7 Å². The molecule has 28 heavy (non-hydrogen) atoms. The molecule has 0 saturated heterocycles. The summed E-state index contributed by atoms with van der Waals surface area (Å²) in [6.07, 6.45) is 0. The van der Waals surface area contributed by atoms with Crippen LogP contribution in [0.2, 0.25) is 0 Å². The molecule has 0 unspecified atom stereocenters. The zero-order valence-electron chi connectivity index (χ0n) is 15.2. The third-order valence-electron chi connectivity index (χ3n) is 4.63. The van der Waals surface area contributed by atoms with Crippen LogP contribution >= 0.6 is 11.3 Å². The SMILES string of the molecule is Cc1cccc(CNC(=O)c2cc3sccc3n2Cc2ccc(F)cc2F)c1. The largest absolute Gasteiger partial charge is 0.347 e. The van der Waals surface area contributed by atoms with Crippen LogP contribution in [0.25, 0.3) is 10.2 Å². The minimum absolute atomic E-state index is 0.152. The first-order valence-electron chi connectivity index (χ1n) is 8.85. The molecule has 1 N–H and O–H groups in total. The number of thiophene rings is 1. The van der Waals surface area contributed by atoms with Gasteiger partial charge in [-0.2, -0.15) is 0 Å². The number of hydrogen-bond acceptors (Lipinski definition) is 2. The van der Waals surface area contributed by atoms with Crippen LogP contribution in [-0.4, -0.2) is 10.5 Å². The van der Waals surface area contributed by atoms with E-state index < -0.39 is 11.6 Å². The van der Waals surface area contributed by atoms with E-state index >= 15 is 0 Å². The summed E-state index contributed by atoms with van der Waals surface area (Å²) in [6.45, 7) is 2.56. The third kappa shape index (κ3) is 3.68. The van der Waals surface area contributed by atoms with Gasteiger partial charge in [0.2, 0.25) is 0 Å². The number of carbonyl (C=O) groups is 1. The third-order valence-corrected chi connectivity index (χ3v) is 5.49. The summed E-state index contributed by atoms with van der Waals surface area (Å²) in [5.74, 6) is -1.47. The number of hydrogen-bond donors (Lipinski definition) is 1. The van der Waals surface area contributed by atoms with Gasteiger partial charge >= 0.3 is 0 Å². The van der Waals surface area contributed by atoms with Crippen LogP contribution in [0.1, 0.15) is 27.2 Å². The Kier molecular flexibility index (Phi) is 4.96. The zero-order chi connectivity index (χ0) is 19.7. The molecule has 0 spiro atoms. The van der Waals surface area contributed by atoms with Gasteiger partial charge in [-0.05, 0) is 36.1 Å². The molecule has 142 valence electrons. The number of nitrogens with one attached hydrogen (secondary N) is 1. The normalized spacial score (nSPS) is 11.1. The quantitative estimate of drug-likeness (QED) is 0.490. The maximum atomic E-state index is 14.2. The second-order valence-corrected chi connectivity index (χ2v) is 7.64. The summed E-state index contributed by atoms with van der Waals surface area (Å²) in [4.78, 5) is 12.8. The van der Waals surface area contributed by atoms with E-state index in [1.165, 1.54) is 23.5 Å². The highest BCUT2D eigenvalue weighted by Crippen LogP contribution is 2.27. The molecule has 0 radical (unpaired) electrons. The first-order valence-corrected chi connectivity index (χ1v) is 9.73. The van der Waals surface area contributed by atoms with E-state index in [4.69, 9.17) is 0 Å². The van der Waals surface area contributed by atoms with Gasteiger partial charge in [0.05, 0.1) is 16.8 Å². The topological polar surface area (TPSA) is 34.0 Å². The number of carbonyl (C=O) groups excluding carboxylic acids is 1. The van der Waals surface area contributed by atoms with Crippen molar-refractivity contribution in [1.29, 1.82) is 0 Å². The van der Waals surface area contributed by atoms with Crippen molar-refractivity contribution >= 4 is 27.5 Å². The van der Waals surface area contributed by atoms with Crippen LogP contribution in [0.5, 0.6) is 0 Å². The fourth-order valence-electron chi connectivity index (χ4n) is 3.25. The van der Waals surface area contributed by atoms with Crippen molar-refractivity contribution in [3.63, 3.8) is 0 Å². The number of benzene rings is 2. The van der Waals surface area contributed by atoms with Crippen LogP contribution in [-0.2, 0) is 13.1 Å². The summed E-state index contributed by atoms with van der Waals surface area (Å²) in [6, 6.07) is 15.1. The maximum absolute atomic E-state index is 14.2. The number of amides is 1. The molecular formula is C22H18F2N2OS. The van der Waals surface area contributed by atoms with E-state index in [0.29, 0.717) is 17.8 Å². The predicted octanol–water partition coefficient (Wildman–Crippen LogP) is 5.27. The Morgan fingerprint density at radius 1 is 1.11 bits per heavy atom. The lowest BCUT2D eigenvalue weighted by Crippen LogP contribution is -2.25. The first kappa shape index (κ1) is 18.4. The molecule has 0 aliphatic heterocycles. The lowest BCUT2D eigenvalue weighted by Gasteiger charge is -2.12. The fourth-order valence-corrected chi connectivity index (χ4v) is 4.07. The highest BCUT2D eigenvalue weighted by molar-refractivity contribution is 7.17. The summed E-state index contributed by atoms with van der Waals surface area (Å²) < 4.78 is 30.1. The monoisotopic (exact) mass is 396 g/mol. The average molecular weight is 396 g/mol. The predicted molar refractivity (Wildman–Crippen MR) is 108 cm³/mol. The minimum atomic E-state index is -0.622. The van der Waals surface area contributed by atoms with Gasteiger partial charge in [0.15, 0.2) is 0 Å². The van der Waals surface area contributed by atoms with Crippen LogP contribution in [0.3, 0.4) is 0 Å². The van der Waals surface area contributed by atoms with Gasteiger partial charge in [-0.1, -0.05) is 35.9 Å². The smallest absolute Gasteiger partial charge is 0.268 e. The molecule has 2 aromatic heterocycles. The van der Waals surface area contributed by atoms with Gasteiger partial charge in [-0.15, -0.1) is 11.3 Å². The van der Waals surface area contributed by atoms with Gasteiger partial charge in [-0.25, -0.2) is 8.78 Å². The Hall–Kier alpha value is -2.99. The van der Waals surface area contributed by atoms with E-state index in [0.717, 1.165) is 27.4 Å². The molecule has 4 rings (SSSR count). The number of fused-ring (bicyclic) bond motifs is 1. The van der Waals surface area contributed by atoms with Crippen molar-refractivity contribution in [3.8, 4) is 0 Å². The molecule has 0 bridgehead atoms. The van der Waals surface area contributed by atoms with E-state index in [-0.39, 0.29) is 12.5 Å². The van der Waals surface area contributed by atoms with Gasteiger partial charge in [0.25, 0.3) is 5.91 Å². The van der Waals surface area contributed by atoms with Crippen LogP contribution < -0.4 is 5.32 Å². The molecule has 1 amide bonds. The van der Waals surface area contributed by atoms with Gasteiger partial charge in [0, 0.05) is 18.2 Å². The van der Waals surface area contributed by atoms with Gasteiger partial charge in [-0.3, -0.25) is 4.79 Å². The molecule has 0 aliphatic carbocycles. The number of rotatable bonds is 5. The summed E-state index contributed by atoms with van der Waals surface area (Å²) in [7, 11) is 0. The second kappa shape index (κ2) is 7.56. The fraction of sp³-hybridized carbons (Fsp3) is 0.136. The van der Waals surface area contributed by atoms with Gasteiger partial charge < -0.3 is 9.88 Å². The molecule has 0 aliphatic rings. The van der Waals surface area contributed by atoms with Crippen LogP contribution in [0.4, 0.5) is 8.78 Å². The van der Waals surface area contributed by atoms with Crippen molar-refractivity contribution in [3.05, 3.63) is 94.0 Å². The number of halogens is 2. The summed E-state index contributed by atoms with van der Waals surface area (Å²) >= 11 is 1.52. The molecule has 0 fully saturated rings. The van der Waals surface area contributed by atoms with Crippen molar-refractivity contribution in [1.82, 2.24) is 9.88 Å². The lowest BCUT2D eigenvalue weighted by molar-refractivity contribution is 0.0942. The van der Waals surface area contributed by atoms with E-state index in [9.17, 15) is 13.6 Å².